The van der Waals surface area contributed by atoms with Crippen LogP contribution in [0.15, 0.2) is 60.1 Å². The molecule has 0 bridgehead atoms. The Morgan fingerprint density at radius 2 is 2.10 bits per heavy atom. The third-order valence-electron chi connectivity index (χ3n) is 5.94. The molecule has 1 N–H and O–H groups in total. The lowest BCUT2D eigenvalue weighted by atomic mass is 9.90. The summed E-state index contributed by atoms with van der Waals surface area (Å²) in [5.41, 5.74) is 3.05. The Bertz CT molecular complexity index is 991. The zero-order valence-corrected chi connectivity index (χ0v) is 18.9. The van der Waals surface area contributed by atoms with Gasteiger partial charge in [-0.2, -0.15) is 0 Å². The van der Waals surface area contributed by atoms with E-state index in [1.807, 2.05) is 41.9 Å². The monoisotopic (exact) mass is 435 g/mol. The van der Waals surface area contributed by atoms with Crippen LogP contribution in [0.4, 0.5) is 0 Å². The molecule has 1 aromatic heterocycles. The molecular formula is C25H29N3O2S. The Morgan fingerprint density at radius 3 is 2.84 bits per heavy atom. The molecule has 2 heterocycles. The molecule has 1 aliphatic heterocycles. The number of methoxy groups -OCH3 is 1. The molecule has 3 aromatic rings. The average Bonchev–Trinajstić information content (AvgIpc) is 3.33. The number of nitrogens with zero attached hydrogens (tertiary/aromatic N) is 2. The molecular weight excluding hydrogens is 406 g/mol. The summed E-state index contributed by atoms with van der Waals surface area (Å²) in [6, 6.07) is 15.6. The number of amides is 1. The Labute approximate surface area is 188 Å². The van der Waals surface area contributed by atoms with Crippen LogP contribution in [-0.4, -0.2) is 36.0 Å². The minimum atomic E-state index is -0.0880. The molecule has 1 fully saturated rings. The fourth-order valence-corrected chi connectivity index (χ4v) is 5.24. The number of hydrogen-bond acceptors (Lipinski definition) is 5. The Balaban J connectivity index is 1.51. The second-order valence-corrected chi connectivity index (χ2v) is 9.02. The van der Waals surface area contributed by atoms with Gasteiger partial charge >= 0.3 is 0 Å². The summed E-state index contributed by atoms with van der Waals surface area (Å²) >= 11 is 1.61. The number of ether oxygens (including phenoxy) is 1. The molecule has 0 saturated carbocycles. The molecule has 6 heteroatoms. The number of thiazole rings is 1. The van der Waals surface area contributed by atoms with Crippen LogP contribution in [0.2, 0.25) is 0 Å². The summed E-state index contributed by atoms with van der Waals surface area (Å²) < 4.78 is 5.66. The van der Waals surface area contributed by atoms with Crippen molar-refractivity contribution in [3.05, 3.63) is 81.8 Å². The predicted octanol–water partition coefficient (Wildman–Crippen LogP) is 4.84. The van der Waals surface area contributed by atoms with E-state index in [-0.39, 0.29) is 11.9 Å². The second-order valence-electron chi connectivity index (χ2n) is 8.09. The van der Waals surface area contributed by atoms with E-state index < -0.39 is 0 Å². The van der Waals surface area contributed by atoms with Gasteiger partial charge in [0.1, 0.15) is 10.8 Å². The number of rotatable bonds is 7. The molecule has 2 atom stereocenters. The molecule has 31 heavy (non-hydrogen) atoms. The van der Waals surface area contributed by atoms with Gasteiger partial charge in [0.05, 0.1) is 13.2 Å². The Morgan fingerprint density at radius 1 is 1.26 bits per heavy atom. The highest BCUT2D eigenvalue weighted by atomic mass is 32.1. The van der Waals surface area contributed by atoms with Crippen molar-refractivity contribution < 1.29 is 9.53 Å². The minimum absolute atomic E-state index is 0.0433. The molecule has 162 valence electrons. The van der Waals surface area contributed by atoms with Gasteiger partial charge in [-0.1, -0.05) is 36.4 Å². The standard InChI is InChI=1S/C25H29N3O2S/c1-18-8-6-11-21(23(18)30-2)17-28-14-7-12-20(16-28)22(25-26-13-15-31-25)27-24(29)19-9-4-3-5-10-19/h3-6,8-11,13,15,20,22H,7,12,14,16-17H2,1-2H3,(H,27,29). The SMILES string of the molecule is COc1c(C)cccc1CN1CCCC(C(NC(=O)c2ccccc2)c2nccs2)C1. The van der Waals surface area contributed by atoms with Crippen LogP contribution in [0.1, 0.15) is 45.4 Å². The number of hydrogen-bond donors (Lipinski definition) is 1. The van der Waals surface area contributed by atoms with Crippen LogP contribution < -0.4 is 10.1 Å². The van der Waals surface area contributed by atoms with Crippen LogP contribution >= 0.6 is 11.3 Å². The highest BCUT2D eigenvalue weighted by molar-refractivity contribution is 7.09. The molecule has 5 nitrogen and oxygen atoms in total. The van der Waals surface area contributed by atoms with Gasteiger partial charge in [0, 0.05) is 35.8 Å². The second kappa shape index (κ2) is 10.1. The predicted molar refractivity (Wildman–Crippen MR) is 124 cm³/mol. The van der Waals surface area contributed by atoms with Crippen LogP contribution in [0.5, 0.6) is 5.75 Å². The number of carbonyl (C=O) groups is 1. The van der Waals surface area contributed by atoms with Gasteiger partial charge in [0.25, 0.3) is 5.91 Å². The first-order valence-corrected chi connectivity index (χ1v) is 11.6. The van der Waals surface area contributed by atoms with Gasteiger partial charge < -0.3 is 10.1 Å². The topological polar surface area (TPSA) is 54.5 Å². The quantitative estimate of drug-likeness (QED) is 0.577. The molecule has 2 unspecified atom stereocenters. The normalized spacial score (nSPS) is 17.8. The molecule has 4 rings (SSSR count). The van der Waals surface area contributed by atoms with Gasteiger partial charge in [0.15, 0.2) is 0 Å². The van der Waals surface area contributed by atoms with Crippen molar-refractivity contribution >= 4 is 17.2 Å². The number of para-hydroxylation sites is 1. The van der Waals surface area contributed by atoms with Gasteiger partial charge in [-0.05, 0) is 49.9 Å². The van der Waals surface area contributed by atoms with Gasteiger partial charge in [-0.3, -0.25) is 9.69 Å². The Kier molecular flexibility index (Phi) is 6.99. The van der Waals surface area contributed by atoms with E-state index >= 15 is 0 Å². The van der Waals surface area contributed by atoms with Crippen molar-refractivity contribution in [2.45, 2.75) is 32.4 Å². The van der Waals surface area contributed by atoms with Crippen molar-refractivity contribution in [2.75, 3.05) is 20.2 Å². The Hall–Kier alpha value is -2.70. The van der Waals surface area contributed by atoms with Crippen molar-refractivity contribution in [1.82, 2.24) is 15.2 Å². The van der Waals surface area contributed by atoms with Crippen LogP contribution in [0.25, 0.3) is 0 Å². The number of piperidine rings is 1. The first-order valence-electron chi connectivity index (χ1n) is 10.8. The van der Waals surface area contributed by atoms with Crippen LogP contribution in [-0.2, 0) is 6.54 Å². The van der Waals surface area contributed by atoms with E-state index in [4.69, 9.17) is 4.74 Å². The van der Waals surface area contributed by atoms with Gasteiger partial charge in [0.2, 0.25) is 0 Å². The van der Waals surface area contributed by atoms with E-state index in [1.165, 1.54) is 5.56 Å². The third-order valence-corrected chi connectivity index (χ3v) is 6.80. The van der Waals surface area contributed by atoms with Crippen molar-refractivity contribution in [2.24, 2.45) is 5.92 Å². The number of nitrogens with one attached hydrogen (secondary N) is 1. The lowest BCUT2D eigenvalue weighted by molar-refractivity contribution is 0.0877. The molecule has 0 spiro atoms. The maximum Gasteiger partial charge on any atom is 0.251 e. The number of likely N-dealkylation sites (tertiary alicyclic amines) is 1. The fraction of sp³-hybridized carbons (Fsp3) is 0.360. The molecule has 1 saturated heterocycles. The molecule has 2 aromatic carbocycles. The van der Waals surface area contributed by atoms with E-state index in [0.29, 0.717) is 11.5 Å². The summed E-state index contributed by atoms with van der Waals surface area (Å²) in [5, 5.41) is 6.24. The molecule has 1 amide bonds. The number of aromatic nitrogens is 1. The lowest BCUT2D eigenvalue weighted by Gasteiger charge is -2.37. The third kappa shape index (κ3) is 5.14. The first-order chi connectivity index (χ1) is 15.2. The van der Waals surface area contributed by atoms with E-state index in [9.17, 15) is 4.79 Å². The molecule has 1 aliphatic rings. The van der Waals surface area contributed by atoms with E-state index in [1.54, 1.807) is 18.4 Å². The smallest absolute Gasteiger partial charge is 0.251 e. The number of carbonyl (C=O) groups excluding carboxylic acids is 1. The summed E-state index contributed by atoms with van der Waals surface area (Å²) in [6.45, 7) is 4.89. The minimum Gasteiger partial charge on any atom is -0.496 e. The first kappa shape index (κ1) is 21.5. The van der Waals surface area contributed by atoms with Crippen molar-refractivity contribution in [3.8, 4) is 5.75 Å². The fourth-order valence-electron chi connectivity index (χ4n) is 4.46. The maximum absolute atomic E-state index is 12.9. The number of aryl methyl sites for hydroxylation is 1. The van der Waals surface area contributed by atoms with Crippen molar-refractivity contribution in [3.63, 3.8) is 0 Å². The summed E-state index contributed by atoms with van der Waals surface area (Å²) in [5.74, 6) is 1.24. The highest BCUT2D eigenvalue weighted by Gasteiger charge is 2.31. The zero-order chi connectivity index (χ0) is 21.6. The van der Waals surface area contributed by atoms with E-state index in [2.05, 4.69) is 40.3 Å². The zero-order valence-electron chi connectivity index (χ0n) is 18.1. The molecule has 0 aliphatic carbocycles. The average molecular weight is 436 g/mol. The van der Waals surface area contributed by atoms with Gasteiger partial charge in [-0.25, -0.2) is 4.98 Å². The maximum atomic E-state index is 12.9. The summed E-state index contributed by atoms with van der Waals surface area (Å²) in [6.07, 6.45) is 3.99. The van der Waals surface area contributed by atoms with Crippen molar-refractivity contribution in [1.29, 1.82) is 0 Å². The van der Waals surface area contributed by atoms with Gasteiger partial charge in [-0.15, -0.1) is 11.3 Å². The summed E-state index contributed by atoms with van der Waals surface area (Å²) in [4.78, 5) is 19.9. The number of benzene rings is 2. The molecule has 0 radical (unpaired) electrons. The summed E-state index contributed by atoms with van der Waals surface area (Å²) in [7, 11) is 1.74. The largest absolute Gasteiger partial charge is 0.496 e. The van der Waals surface area contributed by atoms with Crippen LogP contribution in [0.3, 0.4) is 0 Å². The lowest BCUT2D eigenvalue weighted by Crippen LogP contribution is -2.42. The highest BCUT2D eigenvalue weighted by Crippen LogP contribution is 2.33. The van der Waals surface area contributed by atoms with E-state index in [0.717, 1.165) is 48.8 Å². The van der Waals surface area contributed by atoms with Crippen LogP contribution in [0, 0.1) is 12.8 Å².